The smallest absolute Gasteiger partial charge is 0.254 e. The van der Waals surface area contributed by atoms with E-state index < -0.39 is 0 Å². The summed E-state index contributed by atoms with van der Waals surface area (Å²) in [6, 6.07) is 0. The summed E-state index contributed by atoms with van der Waals surface area (Å²) in [5.41, 5.74) is 3.07. The van der Waals surface area contributed by atoms with E-state index >= 15 is 0 Å². The van der Waals surface area contributed by atoms with Crippen molar-refractivity contribution in [3.8, 4) is 0 Å². The third-order valence-corrected chi connectivity index (χ3v) is 2.94. The predicted molar refractivity (Wildman–Crippen MR) is 86.3 cm³/mol. The van der Waals surface area contributed by atoms with Crippen LogP contribution in [0, 0.1) is 0 Å². The Labute approximate surface area is 126 Å². The average molecular weight is 288 g/mol. The van der Waals surface area contributed by atoms with Crippen molar-refractivity contribution in [2.45, 2.75) is 33.6 Å². The van der Waals surface area contributed by atoms with Gasteiger partial charge < -0.3 is 10.6 Å². The molecule has 0 radical (unpaired) electrons. The molecule has 21 heavy (non-hydrogen) atoms. The molecule has 1 rings (SSSR count). The third-order valence-electron chi connectivity index (χ3n) is 2.94. The van der Waals surface area contributed by atoms with Crippen molar-refractivity contribution in [2.24, 2.45) is 0 Å². The van der Waals surface area contributed by atoms with Gasteiger partial charge in [-0.1, -0.05) is 23.3 Å². The van der Waals surface area contributed by atoms with Gasteiger partial charge in [0, 0.05) is 26.0 Å². The highest BCUT2D eigenvalue weighted by Gasteiger charge is 2.05. The molecule has 0 atom stereocenters. The highest BCUT2D eigenvalue weighted by Crippen LogP contribution is 2.06. The summed E-state index contributed by atoms with van der Waals surface area (Å²) in [4.78, 5) is 19.9. The van der Waals surface area contributed by atoms with Gasteiger partial charge in [-0.15, -0.1) is 0 Å². The van der Waals surface area contributed by atoms with Crippen LogP contribution in [-0.2, 0) is 0 Å². The molecule has 0 aliphatic rings. The van der Waals surface area contributed by atoms with Gasteiger partial charge >= 0.3 is 0 Å². The Morgan fingerprint density at radius 1 is 1.19 bits per heavy atom. The number of allylic oxidation sites excluding steroid dienone is 3. The van der Waals surface area contributed by atoms with Crippen LogP contribution in [0.15, 0.2) is 35.7 Å². The lowest BCUT2D eigenvalue weighted by Crippen LogP contribution is -2.24. The van der Waals surface area contributed by atoms with Crippen LogP contribution in [0.2, 0.25) is 0 Å². The first-order chi connectivity index (χ1) is 10.0. The summed E-state index contributed by atoms with van der Waals surface area (Å²) >= 11 is 0. The molecule has 0 saturated carbocycles. The fraction of sp³-hybridized carbons (Fsp3) is 0.438. The van der Waals surface area contributed by atoms with Gasteiger partial charge in [-0.05, 0) is 33.6 Å². The zero-order valence-electron chi connectivity index (χ0n) is 13.2. The Morgan fingerprint density at radius 2 is 1.86 bits per heavy atom. The van der Waals surface area contributed by atoms with Gasteiger partial charge in [0.25, 0.3) is 5.91 Å². The molecule has 0 saturated heterocycles. The number of hydrogen-bond donors (Lipinski definition) is 2. The quantitative estimate of drug-likeness (QED) is 0.757. The van der Waals surface area contributed by atoms with E-state index in [1.165, 1.54) is 23.5 Å². The summed E-state index contributed by atoms with van der Waals surface area (Å²) in [6.07, 6.45) is 9.34. The van der Waals surface area contributed by atoms with Gasteiger partial charge in [0.1, 0.15) is 0 Å². The van der Waals surface area contributed by atoms with E-state index in [0.717, 1.165) is 12.8 Å². The van der Waals surface area contributed by atoms with Crippen LogP contribution in [-0.4, -0.2) is 29.5 Å². The minimum absolute atomic E-state index is 0.161. The van der Waals surface area contributed by atoms with E-state index in [0.29, 0.717) is 18.1 Å². The molecule has 0 unspecified atom stereocenters. The van der Waals surface area contributed by atoms with E-state index in [9.17, 15) is 4.79 Å². The van der Waals surface area contributed by atoms with Gasteiger partial charge in [-0.2, -0.15) is 0 Å². The number of rotatable bonds is 7. The van der Waals surface area contributed by atoms with Crippen LogP contribution in [0.1, 0.15) is 44.0 Å². The number of aromatic nitrogens is 2. The van der Waals surface area contributed by atoms with Crippen LogP contribution < -0.4 is 10.6 Å². The van der Waals surface area contributed by atoms with Gasteiger partial charge in [0.05, 0.1) is 5.56 Å². The molecule has 114 valence electrons. The van der Waals surface area contributed by atoms with E-state index in [1.54, 1.807) is 7.05 Å². The lowest BCUT2D eigenvalue weighted by Gasteiger charge is -2.04. The minimum Gasteiger partial charge on any atom is -0.357 e. The maximum Gasteiger partial charge on any atom is 0.254 e. The van der Waals surface area contributed by atoms with Crippen LogP contribution in [0.5, 0.6) is 0 Å². The lowest BCUT2D eigenvalue weighted by molar-refractivity contribution is 0.0957. The van der Waals surface area contributed by atoms with Gasteiger partial charge in [0.15, 0.2) is 0 Å². The summed E-state index contributed by atoms with van der Waals surface area (Å²) in [5, 5.41) is 5.65. The van der Waals surface area contributed by atoms with Gasteiger partial charge in [0.2, 0.25) is 5.95 Å². The van der Waals surface area contributed by atoms with Crippen molar-refractivity contribution >= 4 is 11.9 Å². The number of anilines is 1. The van der Waals surface area contributed by atoms with Crippen molar-refractivity contribution in [3.05, 3.63) is 41.3 Å². The van der Waals surface area contributed by atoms with E-state index in [-0.39, 0.29) is 5.91 Å². The molecule has 5 nitrogen and oxygen atoms in total. The second kappa shape index (κ2) is 8.89. The Balaban J connectivity index is 2.39. The number of amides is 1. The van der Waals surface area contributed by atoms with E-state index in [2.05, 4.69) is 47.4 Å². The molecule has 5 heteroatoms. The third kappa shape index (κ3) is 6.70. The summed E-state index contributed by atoms with van der Waals surface area (Å²) in [6.45, 7) is 6.80. The van der Waals surface area contributed by atoms with Crippen molar-refractivity contribution < 1.29 is 4.79 Å². The Morgan fingerprint density at radius 3 is 2.43 bits per heavy atom. The lowest BCUT2D eigenvalue weighted by atomic mass is 10.1. The normalized spacial score (nSPS) is 11.0. The average Bonchev–Trinajstić information content (AvgIpc) is 2.46. The van der Waals surface area contributed by atoms with Crippen molar-refractivity contribution in [1.82, 2.24) is 15.3 Å². The summed E-state index contributed by atoms with van der Waals surface area (Å²) < 4.78 is 0. The predicted octanol–water partition coefficient (Wildman–Crippen LogP) is 2.94. The van der Waals surface area contributed by atoms with Crippen LogP contribution >= 0.6 is 0 Å². The van der Waals surface area contributed by atoms with Gasteiger partial charge in [-0.3, -0.25) is 4.79 Å². The van der Waals surface area contributed by atoms with Crippen molar-refractivity contribution in [3.63, 3.8) is 0 Å². The summed E-state index contributed by atoms with van der Waals surface area (Å²) in [7, 11) is 1.73. The largest absolute Gasteiger partial charge is 0.357 e. The first-order valence-corrected chi connectivity index (χ1v) is 7.10. The van der Waals surface area contributed by atoms with Gasteiger partial charge in [-0.25, -0.2) is 9.97 Å². The monoisotopic (exact) mass is 288 g/mol. The fourth-order valence-corrected chi connectivity index (χ4v) is 1.68. The summed E-state index contributed by atoms with van der Waals surface area (Å²) in [5.74, 6) is 0.340. The standard InChI is InChI=1S/C16H24N4O/c1-12(2)6-5-7-13(3)8-9-18-15(21)14-10-19-16(17-4)20-11-14/h6,8,10-11H,5,7,9H2,1-4H3,(H,18,21)(H,17,19,20)/b13-8+. The molecular formula is C16H24N4O. The zero-order valence-corrected chi connectivity index (χ0v) is 13.2. The maximum atomic E-state index is 11.9. The first kappa shape index (κ1) is 16.9. The zero-order chi connectivity index (χ0) is 15.7. The topological polar surface area (TPSA) is 66.9 Å². The van der Waals surface area contributed by atoms with Crippen LogP contribution in [0.25, 0.3) is 0 Å². The molecule has 0 aromatic carbocycles. The number of nitrogens with zero attached hydrogens (tertiary/aromatic N) is 2. The maximum absolute atomic E-state index is 11.9. The fourth-order valence-electron chi connectivity index (χ4n) is 1.68. The molecule has 0 bridgehead atoms. The Kier molecular flexibility index (Phi) is 7.15. The van der Waals surface area contributed by atoms with E-state index in [4.69, 9.17) is 0 Å². The molecule has 1 heterocycles. The van der Waals surface area contributed by atoms with E-state index in [1.807, 2.05) is 6.08 Å². The number of carbonyl (C=O) groups is 1. The Hall–Kier alpha value is -2.17. The Bertz CT molecular complexity index is 514. The second-order valence-electron chi connectivity index (χ2n) is 5.13. The van der Waals surface area contributed by atoms with Crippen molar-refractivity contribution in [1.29, 1.82) is 0 Å². The number of hydrogen-bond acceptors (Lipinski definition) is 4. The SMILES string of the molecule is CNc1ncc(C(=O)NC/C=C(\C)CCC=C(C)C)cn1. The molecule has 0 fully saturated rings. The number of nitrogens with one attached hydrogen (secondary N) is 2. The molecule has 0 spiro atoms. The second-order valence-corrected chi connectivity index (χ2v) is 5.13. The number of carbonyl (C=O) groups excluding carboxylic acids is 1. The highest BCUT2D eigenvalue weighted by molar-refractivity contribution is 5.93. The molecule has 1 aromatic heterocycles. The molecule has 0 aliphatic carbocycles. The first-order valence-electron chi connectivity index (χ1n) is 7.10. The highest BCUT2D eigenvalue weighted by atomic mass is 16.1. The molecule has 2 N–H and O–H groups in total. The molecule has 0 aliphatic heterocycles. The molecular weight excluding hydrogens is 264 g/mol. The van der Waals surface area contributed by atoms with Crippen molar-refractivity contribution in [2.75, 3.05) is 18.9 Å². The molecule has 1 amide bonds. The van der Waals surface area contributed by atoms with Crippen LogP contribution in [0.4, 0.5) is 5.95 Å². The minimum atomic E-state index is -0.161. The molecule has 1 aromatic rings. The van der Waals surface area contributed by atoms with Crippen LogP contribution in [0.3, 0.4) is 0 Å².